The van der Waals surface area contributed by atoms with Crippen molar-refractivity contribution in [2.24, 2.45) is 0 Å². The normalized spacial score (nSPS) is 10.2. The largest absolute Gasteiger partial charge is 0.497 e. The summed E-state index contributed by atoms with van der Waals surface area (Å²) in [6, 6.07) is 6.98. The van der Waals surface area contributed by atoms with Gasteiger partial charge in [0.05, 0.1) is 20.6 Å². The van der Waals surface area contributed by atoms with Crippen molar-refractivity contribution >= 4 is 11.9 Å². The Balaban J connectivity index is 2.74. The minimum atomic E-state index is -0.335. The van der Waals surface area contributed by atoms with E-state index in [1.807, 2.05) is 6.92 Å². The maximum atomic E-state index is 12.7. The summed E-state index contributed by atoms with van der Waals surface area (Å²) in [7, 11) is 2.90. The molecule has 0 spiro atoms. The molecule has 6 heteroatoms. The van der Waals surface area contributed by atoms with E-state index in [1.54, 1.807) is 36.3 Å². The third kappa shape index (κ3) is 6.69. The van der Waals surface area contributed by atoms with E-state index >= 15 is 0 Å². The summed E-state index contributed by atoms with van der Waals surface area (Å²) >= 11 is 0. The van der Waals surface area contributed by atoms with Crippen LogP contribution in [0.4, 0.5) is 0 Å². The lowest BCUT2D eigenvalue weighted by molar-refractivity contribution is -0.140. The molecule has 6 nitrogen and oxygen atoms in total. The highest BCUT2D eigenvalue weighted by molar-refractivity contribution is 5.94. The third-order valence-corrected chi connectivity index (χ3v) is 3.34. The first-order valence-electron chi connectivity index (χ1n) is 7.70. The van der Waals surface area contributed by atoms with Crippen molar-refractivity contribution in [3.05, 3.63) is 29.8 Å². The van der Waals surface area contributed by atoms with Crippen LogP contribution in [0.5, 0.6) is 5.75 Å². The Labute approximate surface area is 137 Å². The SMILES string of the molecule is CCOCCCN(CCC(=O)OC)C(=O)c1cccc(OC)c1. The quantitative estimate of drug-likeness (QED) is 0.487. The van der Waals surface area contributed by atoms with Crippen LogP contribution in [0.2, 0.25) is 0 Å². The van der Waals surface area contributed by atoms with Crippen molar-refractivity contribution in [2.45, 2.75) is 19.8 Å². The molecule has 1 rings (SSSR count). The third-order valence-electron chi connectivity index (χ3n) is 3.34. The molecule has 0 saturated heterocycles. The van der Waals surface area contributed by atoms with Crippen LogP contribution in [0.15, 0.2) is 24.3 Å². The van der Waals surface area contributed by atoms with E-state index in [2.05, 4.69) is 4.74 Å². The van der Waals surface area contributed by atoms with Gasteiger partial charge in [0.15, 0.2) is 0 Å². The van der Waals surface area contributed by atoms with Gasteiger partial charge in [-0.25, -0.2) is 0 Å². The predicted octanol–water partition coefficient (Wildman–Crippen LogP) is 2.13. The maximum absolute atomic E-state index is 12.7. The summed E-state index contributed by atoms with van der Waals surface area (Å²) < 4.78 is 15.1. The zero-order valence-electron chi connectivity index (χ0n) is 14.0. The summed E-state index contributed by atoms with van der Waals surface area (Å²) in [6.45, 7) is 3.99. The highest BCUT2D eigenvalue weighted by Gasteiger charge is 2.17. The molecule has 1 amide bonds. The number of amides is 1. The molecule has 0 saturated carbocycles. The molecule has 0 unspecified atom stereocenters. The van der Waals surface area contributed by atoms with Gasteiger partial charge in [-0.3, -0.25) is 9.59 Å². The lowest BCUT2D eigenvalue weighted by Crippen LogP contribution is -2.34. The van der Waals surface area contributed by atoms with Crippen molar-refractivity contribution in [3.8, 4) is 5.75 Å². The van der Waals surface area contributed by atoms with Crippen LogP contribution in [0.25, 0.3) is 0 Å². The average Bonchev–Trinajstić information content (AvgIpc) is 2.60. The zero-order chi connectivity index (χ0) is 17.1. The maximum Gasteiger partial charge on any atom is 0.307 e. The van der Waals surface area contributed by atoms with Crippen molar-refractivity contribution in [3.63, 3.8) is 0 Å². The fourth-order valence-electron chi connectivity index (χ4n) is 2.08. The fourth-order valence-corrected chi connectivity index (χ4v) is 2.08. The standard InChI is InChI=1S/C17H25NO5/c1-4-23-12-6-10-18(11-9-16(19)22-3)17(20)14-7-5-8-15(13-14)21-2/h5,7-8,13H,4,6,9-12H2,1-3H3. The van der Waals surface area contributed by atoms with Crippen LogP contribution >= 0.6 is 0 Å². The van der Waals surface area contributed by atoms with Crippen molar-refractivity contribution in [1.29, 1.82) is 0 Å². The highest BCUT2D eigenvalue weighted by Crippen LogP contribution is 2.15. The lowest BCUT2D eigenvalue weighted by Gasteiger charge is -2.22. The Bertz CT molecular complexity index is 504. The van der Waals surface area contributed by atoms with Crippen molar-refractivity contribution < 1.29 is 23.8 Å². The first-order valence-corrected chi connectivity index (χ1v) is 7.70. The predicted molar refractivity (Wildman–Crippen MR) is 86.6 cm³/mol. The molecule has 0 bridgehead atoms. The first kappa shape index (κ1) is 19.0. The number of esters is 1. The van der Waals surface area contributed by atoms with E-state index in [0.29, 0.717) is 44.0 Å². The minimum absolute atomic E-state index is 0.135. The van der Waals surface area contributed by atoms with Crippen LogP contribution in [0, 0.1) is 0 Å². The molecule has 0 atom stereocenters. The van der Waals surface area contributed by atoms with Crippen LogP contribution in [-0.2, 0) is 14.3 Å². The highest BCUT2D eigenvalue weighted by atomic mass is 16.5. The van der Waals surface area contributed by atoms with E-state index in [0.717, 1.165) is 0 Å². The molecular weight excluding hydrogens is 298 g/mol. The van der Waals surface area contributed by atoms with Gasteiger partial charge in [-0.2, -0.15) is 0 Å². The second-order valence-corrected chi connectivity index (χ2v) is 4.90. The summed E-state index contributed by atoms with van der Waals surface area (Å²) in [5.74, 6) is 0.153. The van der Waals surface area contributed by atoms with Gasteiger partial charge in [0.2, 0.25) is 0 Å². The van der Waals surface area contributed by atoms with Gasteiger partial charge in [-0.05, 0) is 31.5 Å². The van der Waals surface area contributed by atoms with Crippen LogP contribution in [0.1, 0.15) is 30.1 Å². The Hall–Kier alpha value is -2.08. The topological polar surface area (TPSA) is 65.1 Å². The number of ether oxygens (including phenoxy) is 3. The van der Waals surface area contributed by atoms with E-state index in [4.69, 9.17) is 9.47 Å². The van der Waals surface area contributed by atoms with E-state index < -0.39 is 0 Å². The molecule has 0 heterocycles. The average molecular weight is 323 g/mol. The monoisotopic (exact) mass is 323 g/mol. The summed E-state index contributed by atoms with van der Waals surface area (Å²) in [6.07, 6.45) is 0.881. The fraction of sp³-hybridized carbons (Fsp3) is 0.529. The number of hydrogen-bond donors (Lipinski definition) is 0. The second kappa shape index (κ2) is 10.6. The number of methoxy groups -OCH3 is 2. The summed E-state index contributed by atoms with van der Waals surface area (Å²) in [5.41, 5.74) is 0.533. The van der Waals surface area contributed by atoms with Crippen LogP contribution in [-0.4, -0.2) is 57.3 Å². The molecule has 0 aliphatic rings. The number of carbonyl (C=O) groups is 2. The molecule has 0 aliphatic heterocycles. The van der Waals surface area contributed by atoms with Gasteiger partial charge in [-0.15, -0.1) is 0 Å². The number of carbonyl (C=O) groups excluding carboxylic acids is 2. The summed E-state index contributed by atoms with van der Waals surface area (Å²) in [5, 5.41) is 0. The first-order chi connectivity index (χ1) is 11.1. The molecule has 128 valence electrons. The van der Waals surface area contributed by atoms with Gasteiger partial charge in [0.1, 0.15) is 5.75 Å². The van der Waals surface area contributed by atoms with Crippen molar-refractivity contribution in [2.75, 3.05) is 40.5 Å². The number of hydrogen-bond acceptors (Lipinski definition) is 5. The molecular formula is C17H25NO5. The number of benzene rings is 1. The molecule has 0 N–H and O–H groups in total. The van der Waals surface area contributed by atoms with Gasteiger partial charge in [-0.1, -0.05) is 6.07 Å². The molecule has 0 radical (unpaired) electrons. The van der Waals surface area contributed by atoms with Gasteiger partial charge in [0, 0.05) is 31.9 Å². The molecule has 0 fully saturated rings. The van der Waals surface area contributed by atoms with E-state index in [9.17, 15) is 9.59 Å². The Morgan fingerprint density at radius 3 is 2.61 bits per heavy atom. The lowest BCUT2D eigenvalue weighted by atomic mass is 10.1. The number of nitrogens with zero attached hydrogens (tertiary/aromatic N) is 1. The van der Waals surface area contributed by atoms with Crippen LogP contribution < -0.4 is 4.74 Å². The Morgan fingerprint density at radius 1 is 1.17 bits per heavy atom. The van der Waals surface area contributed by atoms with E-state index in [-0.39, 0.29) is 18.3 Å². The minimum Gasteiger partial charge on any atom is -0.497 e. The zero-order valence-corrected chi connectivity index (χ0v) is 14.0. The summed E-state index contributed by atoms with van der Waals surface area (Å²) in [4.78, 5) is 25.6. The molecule has 23 heavy (non-hydrogen) atoms. The smallest absolute Gasteiger partial charge is 0.307 e. The Kier molecular flexibility index (Phi) is 8.75. The molecule has 0 aromatic heterocycles. The van der Waals surface area contributed by atoms with Gasteiger partial charge >= 0.3 is 5.97 Å². The van der Waals surface area contributed by atoms with Crippen LogP contribution in [0.3, 0.4) is 0 Å². The van der Waals surface area contributed by atoms with Gasteiger partial charge in [0.25, 0.3) is 5.91 Å². The second-order valence-electron chi connectivity index (χ2n) is 4.90. The Morgan fingerprint density at radius 2 is 1.96 bits per heavy atom. The van der Waals surface area contributed by atoms with E-state index in [1.165, 1.54) is 7.11 Å². The molecule has 1 aromatic carbocycles. The van der Waals surface area contributed by atoms with Crippen molar-refractivity contribution in [1.82, 2.24) is 4.90 Å². The number of rotatable bonds is 10. The molecule has 1 aromatic rings. The molecule has 0 aliphatic carbocycles. The van der Waals surface area contributed by atoms with Gasteiger partial charge < -0.3 is 19.1 Å².